The van der Waals surface area contributed by atoms with Crippen LogP contribution >= 0.6 is 12.2 Å². The minimum Gasteiger partial charge on any atom is -0.414 e. The Morgan fingerprint density at radius 1 is 1.56 bits per heavy atom. The molecule has 1 heterocycles. The van der Waals surface area contributed by atoms with E-state index in [-0.39, 0.29) is 4.84 Å². The zero-order valence-electron chi connectivity index (χ0n) is 10.0. The van der Waals surface area contributed by atoms with Gasteiger partial charge in [-0.1, -0.05) is 12.1 Å². The monoisotopic (exact) mass is 265 g/mol. The van der Waals surface area contributed by atoms with Gasteiger partial charge in [0.1, 0.15) is 0 Å². The third kappa shape index (κ3) is 3.68. The standard InChI is InChI=1S/C12H15N3O2S/c1-8-3-2-4-9(5-8)13-7-10(16)6-11-14-15-12(18)17-11/h2-5,10,13,16H,6-7H2,1H3,(H,15,18). The van der Waals surface area contributed by atoms with Gasteiger partial charge < -0.3 is 14.8 Å². The van der Waals surface area contributed by atoms with E-state index < -0.39 is 6.10 Å². The van der Waals surface area contributed by atoms with E-state index in [1.807, 2.05) is 31.2 Å². The van der Waals surface area contributed by atoms with Gasteiger partial charge in [-0.3, -0.25) is 0 Å². The molecule has 1 aromatic carbocycles. The van der Waals surface area contributed by atoms with Crippen molar-refractivity contribution in [1.29, 1.82) is 0 Å². The van der Waals surface area contributed by atoms with E-state index in [4.69, 9.17) is 16.6 Å². The van der Waals surface area contributed by atoms with Gasteiger partial charge in [-0.2, -0.15) is 0 Å². The van der Waals surface area contributed by atoms with Crippen LogP contribution in [-0.4, -0.2) is 28.0 Å². The van der Waals surface area contributed by atoms with Crippen LogP contribution in [0.3, 0.4) is 0 Å². The first-order chi connectivity index (χ1) is 8.63. The maximum Gasteiger partial charge on any atom is 0.284 e. The quantitative estimate of drug-likeness (QED) is 0.722. The first-order valence-electron chi connectivity index (χ1n) is 5.66. The predicted octanol–water partition coefficient (Wildman–Crippen LogP) is 2.06. The molecule has 0 aliphatic heterocycles. The lowest BCUT2D eigenvalue weighted by Gasteiger charge is -2.11. The molecule has 96 valence electrons. The van der Waals surface area contributed by atoms with Crippen molar-refractivity contribution in [3.8, 4) is 0 Å². The van der Waals surface area contributed by atoms with E-state index in [1.54, 1.807) is 0 Å². The average molecular weight is 265 g/mol. The molecule has 0 aliphatic carbocycles. The van der Waals surface area contributed by atoms with Crippen LogP contribution in [0.25, 0.3) is 0 Å². The molecule has 1 unspecified atom stereocenters. The van der Waals surface area contributed by atoms with Gasteiger partial charge in [0, 0.05) is 12.2 Å². The Kier molecular flexibility index (Phi) is 4.11. The molecule has 2 aromatic rings. The number of nitrogens with zero attached hydrogens (tertiary/aromatic N) is 1. The molecule has 0 amide bonds. The van der Waals surface area contributed by atoms with Crippen molar-refractivity contribution < 1.29 is 9.52 Å². The lowest BCUT2D eigenvalue weighted by atomic mass is 10.2. The van der Waals surface area contributed by atoms with Crippen LogP contribution in [-0.2, 0) is 6.42 Å². The molecule has 1 atom stereocenters. The molecular formula is C12H15N3O2S. The van der Waals surface area contributed by atoms with Gasteiger partial charge in [-0.25, -0.2) is 5.10 Å². The number of aliphatic hydroxyl groups is 1. The summed E-state index contributed by atoms with van der Waals surface area (Å²) in [4.78, 5) is 0.226. The third-order valence-corrected chi connectivity index (χ3v) is 2.63. The number of H-pyrrole nitrogens is 1. The van der Waals surface area contributed by atoms with E-state index in [1.165, 1.54) is 5.56 Å². The summed E-state index contributed by atoms with van der Waals surface area (Å²) in [5, 5.41) is 19.4. The second kappa shape index (κ2) is 5.79. The average Bonchev–Trinajstić information content (AvgIpc) is 2.72. The summed E-state index contributed by atoms with van der Waals surface area (Å²) in [6.45, 7) is 2.45. The van der Waals surface area contributed by atoms with Gasteiger partial charge in [0.2, 0.25) is 5.89 Å². The molecule has 6 heteroatoms. The first-order valence-corrected chi connectivity index (χ1v) is 6.07. The van der Waals surface area contributed by atoms with Crippen molar-refractivity contribution in [2.45, 2.75) is 19.4 Å². The normalized spacial score (nSPS) is 12.3. The highest BCUT2D eigenvalue weighted by atomic mass is 32.1. The van der Waals surface area contributed by atoms with Crippen molar-refractivity contribution in [3.05, 3.63) is 40.6 Å². The summed E-state index contributed by atoms with van der Waals surface area (Å²) in [5.74, 6) is 0.415. The molecule has 0 aliphatic rings. The number of nitrogens with one attached hydrogen (secondary N) is 2. The minimum absolute atomic E-state index is 0.226. The molecule has 1 aromatic heterocycles. The molecule has 2 rings (SSSR count). The number of aromatic nitrogens is 2. The van der Waals surface area contributed by atoms with Crippen molar-refractivity contribution >= 4 is 17.9 Å². The Labute approximate surface area is 110 Å². The van der Waals surface area contributed by atoms with Crippen molar-refractivity contribution in [2.75, 3.05) is 11.9 Å². The minimum atomic E-state index is -0.577. The fraction of sp³-hybridized carbons (Fsp3) is 0.333. The second-order valence-corrected chi connectivity index (χ2v) is 4.49. The number of hydrogen-bond donors (Lipinski definition) is 3. The maximum atomic E-state index is 9.83. The van der Waals surface area contributed by atoms with Gasteiger partial charge in [0.05, 0.1) is 12.5 Å². The Balaban J connectivity index is 1.85. The molecule has 0 fully saturated rings. The molecule has 0 saturated carbocycles. The Bertz CT molecular complexity index is 564. The van der Waals surface area contributed by atoms with Crippen molar-refractivity contribution in [2.24, 2.45) is 0 Å². The zero-order chi connectivity index (χ0) is 13.0. The molecule has 0 saturated heterocycles. The molecule has 0 radical (unpaired) electrons. The molecule has 5 nitrogen and oxygen atoms in total. The lowest BCUT2D eigenvalue weighted by Crippen LogP contribution is -2.22. The molecule has 3 N–H and O–H groups in total. The van der Waals surface area contributed by atoms with Crippen LogP contribution in [0.4, 0.5) is 5.69 Å². The zero-order valence-corrected chi connectivity index (χ0v) is 10.8. The summed E-state index contributed by atoms with van der Waals surface area (Å²) in [7, 11) is 0. The summed E-state index contributed by atoms with van der Waals surface area (Å²) in [6.07, 6.45) is -0.252. The maximum absolute atomic E-state index is 9.83. The number of hydrogen-bond acceptors (Lipinski definition) is 5. The number of benzene rings is 1. The lowest BCUT2D eigenvalue weighted by molar-refractivity contribution is 0.178. The molecule has 0 bridgehead atoms. The number of aliphatic hydroxyl groups excluding tert-OH is 1. The number of aryl methyl sites for hydroxylation is 1. The van der Waals surface area contributed by atoms with E-state index in [2.05, 4.69) is 15.5 Å². The third-order valence-electron chi connectivity index (χ3n) is 2.45. The first kappa shape index (κ1) is 12.8. The van der Waals surface area contributed by atoms with Crippen LogP contribution in [0.15, 0.2) is 28.7 Å². The highest BCUT2D eigenvalue weighted by Gasteiger charge is 2.09. The van der Waals surface area contributed by atoms with Crippen molar-refractivity contribution in [1.82, 2.24) is 10.2 Å². The SMILES string of the molecule is Cc1cccc(NCC(O)Cc2n[nH]c(=S)o2)c1. The Morgan fingerprint density at radius 2 is 2.39 bits per heavy atom. The Hall–Kier alpha value is -1.66. The fourth-order valence-corrected chi connectivity index (χ4v) is 1.75. The highest BCUT2D eigenvalue weighted by Crippen LogP contribution is 2.10. The van der Waals surface area contributed by atoms with Crippen molar-refractivity contribution in [3.63, 3.8) is 0 Å². The van der Waals surface area contributed by atoms with E-state index in [9.17, 15) is 5.11 Å². The van der Waals surface area contributed by atoms with E-state index in [0.29, 0.717) is 18.9 Å². The fourth-order valence-electron chi connectivity index (χ4n) is 1.61. The smallest absolute Gasteiger partial charge is 0.284 e. The van der Waals surface area contributed by atoms with Crippen LogP contribution in [0.5, 0.6) is 0 Å². The largest absolute Gasteiger partial charge is 0.414 e. The summed E-state index contributed by atoms with van der Waals surface area (Å²) < 4.78 is 5.09. The van der Waals surface area contributed by atoms with Gasteiger partial charge in [-0.15, -0.1) is 5.10 Å². The second-order valence-electron chi connectivity index (χ2n) is 4.12. The van der Waals surface area contributed by atoms with Gasteiger partial charge >= 0.3 is 0 Å². The summed E-state index contributed by atoms with van der Waals surface area (Å²) in [5.41, 5.74) is 2.16. The van der Waals surface area contributed by atoms with Gasteiger partial charge in [-0.05, 0) is 36.8 Å². The Morgan fingerprint density at radius 3 is 3.06 bits per heavy atom. The molecular weight excluding hydrogens is 250 g/mol. The number of anilines is 1. The van der Waals surface area contributed by atoms with Crippen LogP contribution in [0.2, 0.25) is 0 Å². The molecule has 18 heavy (non-hydrogen) atoms. The number of rotatable bonds is 5. The van der Waals surface area contributed by atoms with E-state index >= 15 is 0 Å². The molecule has 0 spiro atoms. The van der Waals surface area contributed by atoms with Crippen LogP contribution in [0, 0.1) is 11.8 Å². The van der Waals surface area contributed by atoms with Crippen LogP contribution in [0.1, 0.15) is 11.5 Å². The summed E-state index contributed by atoms with van der Waals surface area (Å²) in [6, 6.07) is 7.97. The van der Waals surface area contributed by atoms with Gasteiger partial charge in [0.15, 0.2) is 0 Å². The topological polar surface area (TPSA) is 74.1 Å². The highest BCUT2D eigenvalue weighted by molar-refractivity contribution is 7.71. The predicted molar refractivity (Wildman–Crippen MR) is 71.1 cm³/mol. The van der Waals surface area contributed by atoms with Gasteiger partial charge in [0.25, 0.3) is 4.84 Å². The summed E-state index contributed by atoms with van der Waals surface area (Å²) >= 11 is 4.76. The number of aromatic amines is 1. The van der Waals surface area contributed by atoms with Crippen LogP contribution < -0.4 is 5.32 Å². The van der Waals surface area contributed by atoms with E-state index in [0.717, 1.165) is 5.69 Å².